The highest BCUT2D eigenvalue weighted by molar-refractivity contribution is 5.61. The number of nitrogens with zero attached hydrogens (tertiary/aromatic N) is 4. The number of ether oxygens (including phenoxy) is 2. The van der Waals surface area contributed by atoms with Crippen molar-refractivity contribution in [2.75, 3.05) is 30.4 Å². The molecule has 0 aliphatic carbocycles. The van der Waals surface area contributed by atoms with Gasteiger partial charge in [-0.1, -0.05) is 0 Å². The molecule has 0 bridgehead atoms. The lowest BCUT2D eigenvalue weighted by Gasteiger charge is -2.47. The molecule has 5 rings (SSSR count). The molecule has 1 aromatic carbocycles. The summed E-state index contributed by atoms with van der Waals surface area (Å²) < 4.78 is 25.7. The van der Waals surface area contributed by atoms with E-state index in [1.54, 1.807) is 18.2 Å². The zero-order chi connectivity index (χ0) is 23.7. The third-order valence-electron chi connectivity index (χ3n) is 7.12. The fourth-order valence-electron chi connectivity index (χ4n) is 5.39. The number of nitriles is 1. The molecule has 0 saturated carbocycles. The fourth-order valence-corrected chi connectivity index (χ4v) is 5.39. The maximum absolute atomic E-state index is 14.6. The fraction of sp³-hybridized carbons (Fsp3) is 0.560. The summed E-state index contributed by atoms with van der Waals surface area (Å²) in [5.74, 6) is 0.497. The predicted molar refractivity (Wildman–Crippen MR) is 127 cm³/mol. The molecule has 1 aromatic heterocycles. The third-order valence-corrected chi connectivity index (χ3v) is 7.12. The molecule has 34 heavy (non-hydrogen) atoms. The second-order valence-electron chi connectivity index (χ2n) is 10.0. The molecule has 3 saturated heterocycles. The van der Waals surface area contributed by atoms with E-state index in [1.165, 1.54) is 19.0 Å². The Bertz CT molecular complexity index is 1080. The van der Waals surface area contributed by atoms with Crippen molar-refractivity contribution in [2.45, 2.75) is 69.7 Å². The Kier molecular flexibility index (Phi) is 6.28. The normalized spacial score (nSPS) is 25.6. The first-order valence-electron chi connectivity index (χ1n) is 12.0. The summed E-state index contributed by atoms with van der Waals surface area (Å²) in [5, 5.41) is 16.0. The Balaban J connectivity index is 1.27. The van der Waals surface area contributed by atoms with Crippen molar-refractivity contribution in [1.29, 1.82) is 5.26 Å². The van der Waals surface area contributed by atoms with Gasteiger partial charge in [-0.05, 0) is 64.3 Å². The summed E-state index contributed by atoms with van der Waals surface area (Å²) in [6, 6.07) is 8.04. The van der Waals surface area contributed by atoms with Crippen LogP contribution in [0.25, 0.3) is 0 Å². The Morgan fingerprint density at radius 1 is 1.35 bits per heavy atom. The van der Waals surface area contributed by atoms with Gasteiger partial charge in [-0.15, -0.1) is 0 Å². The smallest absolute Gasteiger partial charge is 0.229 e. The summed E-state index contributed by atoms with van der Waals surface area (Å²) in [6.45, 7) is 6.86. The molecular weight excluding hydrogens is 435 g/mol. The van der Waals surface area contributed by atoms with Crippen molar-refractivity contribution in [3.05, 3.63) is 35.8 Å². The molecule has 180 valence electrons. The number of hydrogen-bond donors (Lipinski definition) is 2. The molecule has 4 heterocycles. The van der Waals surface area contributed by atoms with E-state index in [0.29, 0.717) is 29.6 Å². The lowest BCUT2D eigenvalue weighted by molar-refractivity contribution is -0.0721. The first-order valence-corrected chi connectivity index (χ1v) is 12.0. The van der Waals surface area contributed by atoms with E-state index in [-0.39, 0.29) is 29.5 Å². The van der Waals surface area contributed by atoms with Crippen molar-refractivity contribution in [3.8, 4) is 11.8 Å². The predicted octanol–water partition coefficient (Wildman–Crippen LogP) is 4.22. The monoisotopic (exact) mass is 466 g/mol. The number of fused-ring (bicyclic) bond motifs is 1. The molecule has 3 aliphatic rings. The van der Waals surface area contributed by atoms with E-state index in [4.69, 9.17) is 9.47 Å². The van der Waals surface area contributed by atoms with Crippen LogP contribution in [0.2, 0.25) is 0 Å². The van der Waals surface area contributed by atoms with Crippen LogP contribution in [0, 0.1) is 17.1 Å². The number of hydrogen-bond acceptors (Lipinski definition) is 8. The molecule has 0 amide bonds. The van der Waals surface area contributed by atoms with E-state index in [9.17, 15) is 9.65 Å². The quantitative estimate of drug-likeness (QED) is 0.626. The summed E-state index contributed by atoms with van der Waals surface area (Å²) in [5.41, 5.74) is 1.10. The molecule has 3 aliphatic heterocycles. The van der Waals surface area contributed by atoms with Gasteiger partial charge in [0.05, 0.1) is 17.9 Å². The van der Waals surface area contributed by atoms with E-state index >= 15 is 0 Å². The van der Waals surface area contributed by atoms with E-state index in [2.05, 4.69) is 45.4 Å². The topological polar surface area (TPSA) is 95.3 Å². The van der Waals surface area contributed by atoms with Crippen molar-refractivity contribution >= 4 is 17.5 Å². The van der Waals surface area contributed by atoms with Crippen LogP contribution in [0.4, 0.5) is 21.8 Å². The molecule has 0 spiro atoms. The maximum atomic E-state index is 14.6. The van der Waals surface area contributed by atoms with Gasteiger partial charge in [0.2, 0.25) is 5.95 Å². The van der Waals surface area contributed by atoms with Gasteiger partial charge in [0.1, 0.15) is 18.4 Å². The molecule has 3 fully saturated rings. The summed E-state index contributed by atoms with van der Waals surface area (Å²) >= 11 is 0. The van der Waals surface area contributed by atoms with Crippen LogP contribution >= 0.6 is 0 Å². The Labute approximate surface area is 199 Å². The van der Waals surface area contributed by atoms with Gasteiger partial charge < -0.3 is 20.1 Å². The minimum Gasteiger partial charge on any atom is -0.489 e. The van der Waals surface area contributed by atoms with Gasteiger partial charge in [-0.25, -0.2) is 9.37 Å². The highest BCUT2D eigenvalue weighted by atomic mass is 19.1. The lowest BCUT2D eigenvalue weighted by Crippen LogP contribution is -2.55. The van der Waals surface area contributed by atoms with Crippen molar-refractivity contribution in [2.24, 2.45) is 0 Å². The second-order valence-corrected chi connectivity index (χ2v) is 10.0. The number of piperidine rings is 1. The highest BCUT2D eigenvalue weighted by Gasteiger charge is 2.43. The van der Waals surface area contributed by atoms with Crippen LogP contribution in [-0.4, -0.2) is 58.4 Å². The molecule has 1 unspecified atom stereocenters. The number of rotatable bonds is 7. The summed E-state index contributed by atoms with van der Waals surface area (Å²) in [6.07, 6.45) is 6.55. The average molecular weight is 467 g/mol. The van der Waals surface area contributed by atoms with Gasteiger partial charge in [0.15, 0.2) is 11.6 Å². The molecule has 9 heteroatoms. The largest absolute Gasteiger partial charge is 0.489 e. The number of benzene rings is 1. The summed E-state index contributed by atoms with van der Waals surface area (Å²) in [4.78, 5) is 11.1. The van der Waals surface area contributed by atoms with Crippen molar-refractivity contribution < 1.29 is 13.9 Å². The average Bonchev–Trinajstić information content (AvgIpc) is 3.25. The number of nitrogens with one attached hydrogen (secondary N) is 2. The van der Waals surface area contributed by atoms with Crippen LogP contribution in [0.5, 0.6) is 5.75 Å². The van der Waals surface area contributed by atoms with Crippen LogP contribution in [0.3, 0.4) is 0 Å². The van der Waals surface area contributed by atoms with Crippen molar-refractivity contribution in [3.63, 3.8) is 0 Å². The third kappa shape index (κ3) is 4.79. The first-order chi connectivity index (χ1) is 16.4. The molecule has 8 nitrogen and oxygen atoms in total. The van der Waals surface area contributed by atoms with Gasteiger partial charge in [-0.3, -0.25) is 4.90 Å². The van der Waals surface area contributed by atoms with Gasteiger partial charge in [0.25, 0.3) is 0 Å². The van der Waals surface area contributed by atoms with Crippen molar-refractivity contribution in [1.82, 2.24) is 14.9 Å². The lowest BCUT2D eigenvalue weighted by atomic mass is 9.84. The standard InChI is InChI=1S/C25H31FN6O2/c1-25(2)12-18(11-19-4-3-8-32(19)25)29-23-21(26)14-28-24(31-23)30-17-5-6-22(16(10-17)13-27)34-15-20-7-9-33-20/h5-6,10,14,18-20H,3-4,7-9,11-12,15H2,1-2H3,(H2,28,29,30,31)/t18-,19+,20?/m1/s1. The highest BCUT2D eigenvalue weighted by Crippen LogP contribution is 2.38. The minimum atomic E-state index is -0.475. The van der Waals surface area contributed by atoms with E-state index in [1.807, 2.05) is 0 Å². The van der Waals surface area contributed by atoms with E-state index < -0.39 is 5.82 Å². The molecule has 2 aromatic rings. The minimum absolute atomic E-state index is 0.0734. The van der Waals surface area contributed by atoms with Gasteiger partial charge in [0, 0.05) is 36.3 Å². The zero-order valence-electron chi connectivity index (χ0n) is 19.7. The SMILES string of the molecule is CC1(C)C[C@H](Nc2nc(Nc3ccc(OCC4CCO4)c(C#N)c3)ncc2F)C[C@@H]2CCCN21. The Morgan fingerprint density at radius 3 is 2.97 bits per heavy atom. The Morgan fingerprint density at radius 2 is 2.21 bits per heavy atom. The maximum Gasteiger partial charge on any atom is 0.229 e. The number of halogens is 1. The first kappa shape index (κ1) is 22.8. The zero-order valence-corrected chi connectivity index (χ0v) is 19.7. The molecule has 3 atom stereocenters. The van der Waals surface area contributed by atoms with Gasteiger partial charge in [-0.2, -0.15) is 10.2 Å². The Hall–Kier alpha value is -2.96. The summed E-state index contributed by atoms with van der Waals surface area (Å²) in [7, 11) is 0. The van der Waals surface area contributed by atoms with Crippen LogP contribution in [0.1, 0.15) is 51.5 Å². The molecule has 0 radical (unpaired) electrons. The molecular formula is C25H31FN6O2. The van der Waals surface area contributed by atoms with Crippen LogP contribution in [0.15, 0.2) is 24.4 Å². The van der Waals surface area contributed by atoms with Crippen LogP contribution < -0.4 is 15.4 Å². The number of anilines is 3. The molecule has 2 N–H and O–H groups in total. The second kappa shape index (κ2) is 9.35. The van der Waals surface area contributed by atoms with E-state index in [0.717, 1.165) is 32.4 Å². The van der Waals surface area contributed by atoms with Gasteiger partial charge >= 0.3 is 0 Å². The number of aromatic nitrogens is 2. The van der Waals surface area contributed by atoms with Crippen LogP contribution in [-0.2, 0) is 4.74 Å².